The molecule has 1 saturated heterocycles. The Morgan fingerprint density at radius 1 is 1.18 bits per heavy atom. The monoisotopic (exact) mass is 253 g/mol. The molecular weight excluding hydrogens is 233 g/mol. The highest BCUT2D eigenvalue weighted by atomic mass is 32.2. The first-order valence-corrected chi connectivity index (χ1v) is 7.23. The van der Waals surface area contributed by atoms with E-state index in [1.165, 1.54) is 5.04 Å². The lowest BCUT2D eigenvalue weighted by Gasteiger charge is -2.32. The van der Waals surface area contributed by atoms with Crippen LogP contribution in [-0.4, -0.2) is 29.6 Å². The van der Waals surface area contributed by atoms with Gasteiger partial charge in [-0.25, -0.2) is 0 Å². The number of aliphatic imine (C=N–C) groups is 1. The van der Waals surface area contributed by atoms with E-state index in [2.05, 4.69) is 38.9 Å². The Kier molecular flexibility index (Phi) is 3.45. The molecule has 0 aromatic heterocycles. The molecule has 0 saturated carbocycles. The minimum absolute atomic E-state index is 0.229. The molecule has 5 heteroatoms. The number of thioether (sulfide) groups is 1. The molecule has 2 heterocycles. The van der Waals surface area contributed by atoms with Gasteiger partial charge in [0.25, 0.3) is 0 Å². The number of nitrogens with zero attached hydrogens (tertiary/aromatic N) is 1. The first-order valence-electron chi connectivity index (χ1n) is 6.01. The molecule has 94 valence electrons. The van der Waals surface area contributed by atoms with Crippen LogP contribution in [-0.2, 0) is 9.31 Å². The maximum absolute atomic E-state index is 6.01. The first-order chi connectivity index (χ1) is 7.86. The smallest absolute Gasteiger partial charge is 0.400 e. The van der Waals surface area contributed by atoms with Crippen LogP contribution in [0.4, 0.5) is 0 Å². The zero-order chi connectivity index (χ0) is 12.7. The quantitative estimate of drug-likeness (QED) is 0.673. The van der Waals surface area contributed by atoms with E-state index in [1.54, 1.807) is 11.8 Å². The Hall–Kier alpha value is -0.255. The molecule has 3 nitrogen and oxygen atoms in total. The number of hydrogen-bond acceptors (Lipinski definition) is 4. The third-order valence-corrected chi connectivity index (χ3v) is 4.57. The molecule has 1 fully saturated rings. The number of hydrogen-bond donors (Lipinski definition) is 0. The van der Waals surface area contributed by atoms with E-state index in [0.717, 1.165) is 18.3 Å². The Morgan fingerprint density at radius 2 is 1.76 bits per heavy atom. The summed E-state index contributed by atoms with van der Waals surface area (Å²) in [4.78, 5) is 4.43. The molecule has 0 unspecified atom stereocenters. The number of allylic oxidation sites excluding steroid dienone is 1. The van der Waals surface area contributed by atoms with Crippen LogP contribution in [0.1, 0.15) is 40.5 Å². The first kappa shape index (κ1) is 13.2. The van der Waals surface area contributed by atoms with Gasteiger partial charge < -0.3 is 9.31 Å². The largest absolute Gasteiger partial charge is 0.492 e. The predicted octanol–water partition coefficient (Wildman–Crippen LogP) is 3.06. The van der Waals surface area contributed by atoms with Crippen LogP contribution in [0.25, 0.3) is 0 Å². The average molecular weight is 253 g/mol. The highest BCUT2D eigenvalue weighted by molar-refractivity contribution is 8.13. The van der Waals surface area contributed by atoms with Gasteiger partial charge >= 0.3 is 7.12 Å². The molecule has 0 radical (unpaired) electrons. The van der Waals surface area contributed by atoms with E-state index in [9.17, 15) is 0 Å². The van der Waals surface area contributed by atoms with E-state index < -0.39 is 0 Å². The average Bonchev–Trinajstić information content (AvgIpc) is 2.48. The van der Waals surface area contributed by atoms with E-state index in [4.69, 9.17) is 9.31 Å². The van der Waals surface area contributed by atoms with E-state index in [-0.39, 0.29) is 18.3 Å². The molecule has 2 rings (SSSR count). The fourth-order valence-corrected chi connectivity index (χ4v) is 2.33. The van der Waals surface area contributed by atoms with Gasteiger partial charge in [-0.05, 0) is 52.3 Å². The summed E-state index contributed by atoms with van der Waals surface area (Å²) in [6.07, 6.45) is 5.96. The summed E-state index contributed by atoms with van der Waals surface area (Å²) in [5, 5.41) is 1.19. The summed E-state index contributed by atoms with van der Waals surface area (Å²) in [7, 11) is -0.229. The fourth-order valence-electron chi connectivity index (χ4n) is 1.86. The standard InChI is InChI=1S/C12H20BNO2S/c1-11(2)12(3,4)16-13(15-11)9-6-7-10(17-5)14-8-9/h8H,6-7H2,1-5H3. The molecule has 0 aromatic carbocycles. The fraction of sp³-hybridized carbons (Fsp3) is 0.750. The van der Waals surface area contributed by atoms with Crippen LogP contribution in [0.15, 0.2) is 16.7 Å². The van der Waals surface area contributed by atoms with Gasteiger partial charge in [0.2, 0.25) is 0 Å². The second kappa shape index (κ2) is 4.45. The van der Waals surface area contributed by atoms with E-state index in [1.807, 2.05) is 6.20 Å². The molecule has 0 N–H and O–H groups in total. The van der Waals surface area contributed by atoms with Crippen molar-refractivity contribution in [2.45, 2.75) is 51.7 Å². The summed E-state index contributed by atoms with van der Waals surface area (Å²) in [5.74, 6) is 0. The van der Waals surface area contributed by atoms with Gasteiger partial charge in [0.15, 0.2) is 0 Å². The van der Waals surface area contributed by atoms with Crippen LogP contribution in [0.3, 0.4) is 0 Å². The van der Waals surface area contributed by atoms with Crippen molar-refractivity contribution in [2.75, 3.05) is 6.26 Å². The zero-order valence-corrected chi connectivity index (χ0v) is 12.1. The van der Waals surface area contributed by atoms with Crippen molar-refractivity contribution in [2.24, 2.45) is 4.99 Å². The van der Waals surface area contributed by atoms with Crippen molar-refractivity contribution in [1.82, 2.24) is 0 Å². The van der Waals surface area contributed by atoms with Crippen LogP contribution >= 0.6 is 11.8 Å². The summed E-state index contributed by atoms with van der Waals surface area (Å²) < 4.78 is 12.0. The molecule has 0 aromatic rings. The summed E-state index contributed by atoms with van der Waals surface area (Å²) >= 11 is 1.71. The van der Waals surface area contributed by atoms with Crippen molar-refractivity contribution in [1.29, 1.82) is 0 Å². The van der Waals surface area contributed by atoms with Crippen molar-refractivity contribution >= 4 is 23.9 Å². The highest BCUT2D eigenvalue weighted by Crippen LogP contribution is 2.39. The Morgan fingerprint density at radius 3 is 2.18 bits per heavy atom. The topological polar surface area (TPSA) is 30.8 Å². The maximum atomic E-state index is 6.01. The Balaban J connectivity index is 2.12. The maximum Gasteiger partial charge on any atom is 0.492 e. The van der Waals surface area contributed by atoms with E-state index >= 15 is 0 Å². The van der Waals surface area contributed by atoms with Crippen LogP contribution in [0, 0.1) is 0 Å². The molecule has 0 bridgehead atoms. The SMILES string of the molecule is CSC1=NC=C(B2OC(C)(C)C(C)(C)O2)CC1. The molecule has 17 heavy (non-hydrogen) atoms. The minimum Gasteiger partial charge on any atom is -0.400 e. The zero-order valence-electron chi connectivity index (χ0n) is 11.2. The molecule has 0 atom stereocenters. The van der Waals surface area contributed by atoms with Crippen LogP contribution < -0.4 is 0 Å². The van der Waals surface area contributed by atoms with Gasteiger partial charge in [-0.2, -0.15) is 0 Å². The van der Waals surface area contributed by atoms with Crippen LogP contribution in [0.5, 0.6) is 0 Å². The van der Waals surface area contributed by atoms with Gasteiger partial charge in [-0.1, -0.05) is 0 Å². The second-order valence-corrected chi connectivity index (χ2v) is 6.40. The molecular formula is C12H20BNO2S. The van der Waals surface area contributed by atoms with Gasteiger partial charge in [0, 0.05) is 6.20 Å². The van der Waals surface area contributed by atoms with Gasteiger partial charge in [0.1, 0.15) is 0 Å². The van der Waals surface area contributed by atoms with Gasteiger partial charge in [-0.3, -0.25) is 4.99 Å². The highest BCUT2D eigenvalue weighted by Gasteiger charge is 2.52. The van der Waals surface area contributed by atoms with Crippen LogP contribution in [0.2, 0.25) is 0 Å². The van der Waals surface area contributed by atoms with Crippen molar-refractivity contribution < 1.29 is 9.31 Å². The summed E-state index contributed by atoms with van der Waals surface area (Å²) in [6.45, 7) is 8.31. The molecule has 0 amide bonds. The number of rotatable bonds is 1. The Bertz CT molecular complexity index is 361. The molecule has 0 spiro atoms. The lowest BCUT2D eigenvalue weighted by atomic mass is 9.75. The van der Waals surface area contributed by atoms with Gasteiger partial charge in [0.05, 0.1) is 16.2 Å². The van der Waals surface area contributed by atoms with Crippen molar-refractivity contribution in [3.05, 3.63) is 11.7 Å². The van der Waals surface area contributed by atoms with Gasteiger partial charge in [-0.15, -0.1) is 11.8 Å². The van der Waals surface area contributed by atoms with Crippen molar-refractivity contribution in [3.8, 4) is 0 Å². The summed E-state index contributed by atoms with van der Waals surface area (Å²) in [6, 6.07) is 0. The molecule has 2 aliphatic heterocycles. The molecule has 2 aliphatic rings. The minimum atomic E-state index is -0.262. The van der Waals surface area contributed by atoms with Crippen molar-refractivity contribution in [3.63, 3.8) is 0 Å². The molecule has 0 aliphatic carbocycles. The second-order valence-electron chi connectivity index (χ2n) is 5.52. The third-order valence-electron chi connectivity index (χ3n) is 3.79. The lowest BCUT2D eigenvalue weighted by molar-refractivity contribution is 0.00578. The third kappa shape index (κ3) is 2.46. The Labute approximate surface area is 108 Å². The normalized spacial score (nSPS) is 26.8. The predicted molar refractivity (Wildman–Crippen MR) is 74.3 cm³/mol. The van der Waals surface area contributed by atoms with E-state index in [0.29, 0.717) is 0 Å². The lowest BCUT2D eigenvalue weighted by Crippen LogP contribution is -2.41. The summed E-state index contributed by atoms with van der Waals surface area (Å²) in [5.41, 5.74) is 0.630.